The van der Waals surface area contributed by atoms with Crippen molar-refractivity contribution in [3.05, 3.63) is 53.1 Å². The van der Waals surface area contributed by atoms with Gasteiger partial charge in [0, 0.05) is 5.69 Å². The fraction of sp³-hybridized carbons (Fsp3) is 0.200. The van der Waals surface area contributed by atoms with Gasteiger partial charge in [0.25, 0.3) is 0 Å². The Hall–Kier alpha value is -2.59. The van der Waals surface area contributed by atoms with Crippen LogP contribution in [0.3, 0.4) is 0 Å². The molecule has 0 heterocycles. The van der Waals surface area contributed by atoms with E-state index in [1.807, 2.05) is 0 Å². The first-order chi connectivity index (χ1) is 11.7. The van der Waals surface area contributed by atoms with E-state index in [2.05, 4.69) is 0 Å². The summed E-state index contributed by atoms with van der Waals surface area (Å²) in [6.07, 6.45) is -15.1. The molecular weight excluding hydrogens is 381 g/mol. The molecule has 11 heteroatoms. The number of halogens is 9. The van der Waals surface area contributed by atoms with E-state index in [1.165, 1.54) is 0 Å². The van der Waals surface area contributed by atoms with E-state index >= 15 is 0 Å². The number of nitrogens with two attached hydrogens (primary N) is 1. The van der Waals surface area contributed by atoms with Gasteiger partial charge in [0.1, 0.15) is 11.5 Å². The molecule has 0 amide bonds. The van der Waals surface area contributed by atoms with E-state index in [9.17, 15) is 39.5 Å². The Morgan fingerprint density at radius 1 is 0.615 bits per heavy atom. The van der Waals surface area contributed by atoms with Crippen LogP contribution in [-0.4, -0.2) is 0 Å². The van der Waals surface area contributed by atoms with Crippen LogP contribution in [0, 0.1) is 0 Å². The molecule has 26 heavy (non-hydrogen) atoms. The highest BCUT2D eigenvalue weighted by Crippen LogP contribution is 2.40. The molecule has 2 aromatic rings. The highest BCUT2D eigenvalue weighted by atomic mass is 19.4. The fourth-order valence-electron chi connectivity index (χ4n) is 1.97. The maximum Gasteiger partial charge on any atom is 0.418 e. The number of ether oxygens (including phenoxy) is 1. The second-order valence-corrected chi connectivity index (χ2v) is 5.09. The molecule has 0 aliphatic rings. The second kappa shape index (κ2) is 6.29. The zero-order valence-electron chi connectivity index (χ0n) is 12.4. The average Bonchev–Trinajstić information content (AvgIpc) is 2.46. The summed E-state index contributed by atoms with van der Waals surface area (Å²) in [4.78, 5) is 0. The number of anilines is 1. The van der Waals surface area contributed by atoms with Gasteiger partial charge in [0.15, 0.2) is 0 Å². The van der Waals surface area contributed by atoms with Crippen molar-refractivity contribution in [2.24, 2.45) is 0 Å². The molecule has 0 bridgehead atoms. The van der Waals surface area contributed by atoms with Gasteiger partial charge in [-0.3, -0.25) is 0 Å². The molecule has 0 aliphatic carbocycles. The van der Waals surface area contributed by atoms with Gasteiger partial charge in [0.2, 0.25) is 0 Å². The highest BCUT2D eigenvalue weighted by molar-refractivity contribution is 5.53. The summed E-state index contributed by atoms with van der Waals surface area (Å²) in [5, 5.41) is 0. The average molecular weight is 389 g/mol. The Kier molecular flexibility index (Phi) is 4.77. The van der Waals surface area contributed by atoms with Crippen molar-refractivity contribution in [1.82, 2.24) is 0 Å². The molecule has 0 fully saturated rings. The first-order valence-corrected chi connectivity index (χ1v) is 6.62. The molecule has 0 spiro atoms. The van der Waals surface area contributed by atoms with Crippen molar-refractivity contribution in [2.75, 3.05) is 5.73 Å². The van der Waals surface area contributed by atoms with Crippen LogP contribution in [0.1, 0.15) is 16.7 Å². The molecule has 0 saturated carbocycles. The largest absolute Gasteiger partial charge is 0.457 e. The van der Waals surface area contributed by atoms with E-state index in [1.54, 1.807) is 0 Å². The minimum Gasteiger partial charge on any atom is -0.457 e. The standard InChI is InChI=1S/C15H8F9NO/c16-13(17,18)7-3-8(14(19,20)21)5-10(4-7)26-9-1-2-12(25)11(6-9)15(22,23)24/h1-6H,25H2. The van der Waals surface area contributed by atoms with Gasteiger partial charge in [-0.2, -0.15) is 39.5 Å². The third-order valence-corrected chi connectivity index (χ3v) is 3.13. The third kappa shape index (κ3) is 4.52. The number of alkyl halides is 9. The first kappa shape index (κ1) is 19.7. The number of hydrogen-bond donors (Lipinski definition) is 1. The van der Waals surface area contributed by atoms with Gasteiger partial charge in [-0.05, 0) is 36.4 Å². The third-order valence-electron chi connectivity index (χ3n) is 3.13. The van der Waals surface area contributed by atoms with Crippen LogP contribution in [0.2, 0.25) is 0 Å². The minimum absolute atomic E-state index is 0.128. The minimum atomic E-state index is -5.11. The van der Waals surface area contributed by atoms with E-state index < -0.39 is 52.4 Å². The monoisotopic (exact) mass is 389 g/mol. The van der Waals surface area contributed by atoms with Gasteiger partial charge in [0.05, 0.1) is 16.7 Å². The molecule has 2 rings (SSSR count). The molecule has 0 aromatic heterocycles. The van der Waals surface area contributed by atoms with Crippen molar-refractivity contribution in [1.29, 1.82) is 0 Å². The zero-order chi connectivity index (χ0) is 19.9. The van der Waals surface area contributed by atoms with Crippen LogP contribution < -0.4 is 10.5 Å². The number of rotatable bonds is 2. The first-order valence-electron chi connectivity index (χ1n) is 6.62. The molecule has 0 atom stereocenters. The molecule has 2 N–H and O–H groups in total. The van der Waals surface area contributed by atoms with Crippen LogP contribution >= 0.6 is 0 Å². The summed E-state index contributed by atoms with van der Waals surface area (Å²) in [6, 6.07) is 2.41. The van der Waals surface area contributed by atoms with Crippen LogP contribution in [0.4, 0.5) is 45.2 Å². The lowest BCUT2D eigenvalue weighted by molar-refractivity contribution is -0.143. The highest BCUT2D eigenvalue weighted by Gasteiger charge is 2.37. The van der Waals surface area contributed by atoms with Crippen LogP contribution in [0.5, 0.6) is 11.5 Å². The van der Waals surface area contributed by atoms with Gasteiger partial charge in [-0.15, -0.1) is 0 Å². The summed E-state index contributed by atoms with van der Waals surface area (Å²) in [5.74, 6) is -1.55. The van der Waals surface area contributed by atoms with Gasteiger partial charge in [-0.25, -0.2) is 0 Å². The van der Waals surface area contributed by atoms with Crippen LogP contribution in [-0.2, 0) is 18.5 Å². The molecular formula is C15H8F9NO. The van der Waals surface area contributed by atoms with E-state index in [4.69, 9.17) is 10.5 Å². The lowest BCUT2D eigenvalue weighted by atomic mass is 10.1. The predicted octanol–water partition coefficient (Wildman–Crippen LogP) is 6.12. The van der Waals surface area contributed by atoms with Crippen molar-refractivity contribution in [2.45, 2.75) is 18.5 Å². The Morgan fingerprint density at radius 3 is 1.54 bits per heavy atom. The number of benzene rings is 2. The summed E-state index contributed by atoms with van der Waals surface area (Å²) in [6.45, 7) is 0. The smallest absolute Gasteiger partial charge is 0.418 e. The Bertz CT molecular complexity index is 774. The topological polar surface area (TPSA) is 35.2 Å². The molecule has 0 aliphatic heterocycles. The normalized spacial score (nSPS) is 13.0. The van der Waals surface area contributed by atoms with Gasteiger partial charge < -0.3 is 10.5 Å². The SMILES string of the molecule is Nc1ccc(Oc2cc(C(F)(F)F)cc(C(F)(F)F)c2)cc1C(F)(F)F. The molecule has 0 saturated heterocycles. The Balaban J connectivity index is 2.50. The summed E-state index contributed by atoms with van der Waals surface area (Å²) < 4.78 is 120. The van der Waals surface area contributed by atoms with Crippen molar-refractivity contribution in [3.8, 4) is 11.5 Å². The maximum atomic E-state index is 12.8. The van der Waals surface area contributed by atoms with Gasteiger partial charge >= 0.3 is 18.5 Å². The maximum absolute atomic E-state index is 12.8. The predicted molar refractivity (Wildman–Crippen MR) is 72.4 cm³/mol. The summed E-state index contributed by atoms with van der Waals surface area (Å²) in [7, 11) is 0. The summed E-state index contributed by atoms with van der Waals surface area (Å²) in [5.41, 5.74) is -0.170. The molecule has 2 nitrogen and oxygen atoms in total. The quantitative estimate of drug-likeness (QED) is 0.496. The molecule has 0 radical (unpaired) electrons. The molecule has 142 valence electrons. The lowest BCUT2D eigenvalue weighted by Gasteiger charge is -2.16. The second-order valence-electron chi connectivity index (χ2n) is 5.09. The van der Waals surface area contributed by atoms with Crippen molar-refractivity contribution in [3.63, 3.8) is 0 Å². The summed E-state index contributed by atoms with van der Waals surface area (Å²) >= 11 is 0. The molecule has 0 unspecified atom stereocenters. The van der Waals surface area contributed by atoms with Gasteiger partial charge in [-0.1, -0.05) is 0 Å². The fourth-order valence-corrected chi connectivity index (χ4v) is 1.97. The zero-order valence-corrected chi connectivity index (χ0v) is 12.4. The van der Waals surface area contributed by atoms with E-state index in [0.717, 1.165) is 12.1 Å². The number of hydrogen-bond acceptors (Lipinski definition) is 2. The van der Waals surface area contributed by atoms with E-state index in [-0.39, 0.29) is 18.2 Å². The lowest BCUT2D eigenvalue weighted by Crippen LogP contribution is -2.11. The van der Waals surface area contributed by atoms with Crippen LogP contribution in [0.15, 0.2) is 36.4 Å². The Labute approximate surface area is 140 Å². The van der Waals surface area contributed by atoms with Crippen molar-refractivity contribution < 1.29 is 44.3 Å². The van der Waals surface area contributed by atoms with Crippen molar-refractivity contribution >= 4 is 5.69 Å². The van der Waals surface area contributed by atoms with Crippen LogP contribution in [0.25, 0.3) is 0 Å². The van der Waals surface area contributed by atoms with E-state index in [0.29, 0.717) is 6.07 Å². The number of nitrogen functional groups attached to an aromatic ring is 1. The molecule has 2 aromatic carbocycles. The Morgan fingerprint density at radius 2 is 1.12 bits per heavy atom.